The van der Waals surface area contributed by atoms with Crippen molar-refractivity contribution in [3.63, 3.8) is 0 Å². The Labute approximate surface area is 69.8 Å². The molecule has 0 radical (unpaired) electrons. The molecule has 0 aliphatic carbocycles. The molecule has 4 nitrogen and oxygen atoms in total. The quantitative estimate of drug-likeness (QED) is 0.629. The molecular formula is C8H10O4. The number of carbonyl (C=O) groups excluding carboxylic acids is 1. The second-order valence-electron chi connectivity index (χ2n) is 3.32. The molecule has 1 rings (SSSR count). The molecule has 1 N–H and O–H groups in total. The van der Waals surface area contributed by atoms with Crippen molar-refractivity contribution in [2.45, 2.75) is 25.9 Å². The molecule has 0 saturated carbocycles. The number of carbonyl (C=O) groups is 2. The van der Waals surface area contributed by atoms with Gasteiger partial charge in [0.1, 0.15) is 5.60 Å². The molecule has 0 amide bonds. The number of hydrogen-bond donors (Lipinski definition) is 1. The lowest BCUT2D eigenvalue weighted by Crippen LogP contribution is -2.33. The summed E-state index contributed by atoms with van der Waals surface area (Å²) in [6.07, 6.45) is 1.25. The summed E-state index contributed by atoms with van der Waals surface area (Å²) in [5, 5.41) is 8.54. The minimum Gasteiger partial charge on any atom is -0.480 e. The van der Waals surface area contributed by atoms with E-state index in [0.717, 1.165) is 6.08 Å². The van der Waals surface area contributed by atoms with E-state index in [1.807, 2.05) is 0 Å². The van der Waals surface area contributed by atoms with Crippen LogP contribution in [0.2, 0.25) is 0 Å². The number of hydrogen-bond acceptors (Lipinski definition) is 3. The molecule has 0 fully saturated rings. The number of ether oxygens (including phenoxy) is 1. The van der Waals surface area contributed by atoms with Gasteiger partial charge in [-0.15, -0.1) is 0 Å². The smallest absolute Gasteiger partial charge is 0.371 e. The number of ketones is 1. The fourth-order valence-electron chi connectivity index (χ4n) is 1.09. The highest BCUT2D eigenvalue weighted by Crippen LogP contribution is 2.24. The van der Waals surface area contributed by atoms with Crippen molar-refractivity contribution in [2.75, 3.05) is 0 Å². The molecule has 0 aromatic rings. The van der Waals surface area contributed by atoms with Gasteiger partial charge in [0.05, 0.1) is 0 Å². The van der Waals surface area contributed by atoms with Crippen LogP contribution in [0.4, 0.5) is 0 Å². The lowest BCUT2D eigenvalue weighted by molar-refractivity contribution is -0.143. The molecular weight excluding hydrogens is 160 g/mol. The minimum absolute atomic E-state index is 0.205. The second kappa shape index (κ2) is 2.62. The second-order valence-corrected chi connectivity index (χ2v) is 3.32. The van der Waals surface area contributed by atoms with Crippen LogP contribution >= 0.6 is 0 Å². The van der Waals surface area contributed by atoms with E-state index < -0.39 is 11.6 Å². The first-order valence-electron chi connectivity index (χ1n) is 3.57. The molecule has 0 atom stereocenters. The van der Waals surface area contributed by atoms with Crippen molar-refractivity contribution in [2.24, 2.45) is 0 Å². The van der Waals surface area contributed by atoms with Crippen LogP contribution in [0.1, 0.15) is 20.3 Å². The average molecular weight is 170 g/mol. The minimum atomic E-state index is -1.20. The number of allylic oxidation sites excluding steroid dienone is 1. The molecule has 0 spiro atoms. The first-order valence-corrected chi connectivity index (χ1v) is 3.57. The van der Waals surface area contributed by atoms with Gasteiger partial charge in [0.15, 0.2) is 5.78 Å². The van der Waals surface area contributed by atoms with E-state index in [4.69, 9.17) is 9.84 Å². The Balaban J connectivity index is 2.91. The third kappa shape index (κ3) is 1.84. The summed E-state index contributed by atoms with van der Waals surface area (Å²) in [5.41, 5.74) is -0.695. The van der Waals surface area contributed by atoms with Crippen molar-refractivity contribution >= 4 is 11.8 Å². The highest BCUT2D eigenvalue weighted by Gasteiger charge is 2.31. The highest BCUT2D eigenvalue weighted by atomic mass is 16.5. The monoisotopic (exact) mass is 170 g/mol. The molecule has 0 bridgehead atoms. The Morgan fingerprint density at radius 3 is 2.67 bits per heavy atom. The highest BCUT2D eigenvalue weighted by molar-refractivity contribution is 5.99. The lowest BCUT2D eigenvalue weighted by Gasteiger charge is -2.28. The van der Waals surface area contributed by atoms with E-state index >= 15 is 0 Å². The van der Waals surface area contributed by atoms with Gasteiger partial charge in [-0.3, -0.25) is 4.79 Å². The van der Waals surface area contributed by atoms with E-state index in [1.165, 1.54) is 0 Å². The number of aliphatic carboxylic acids is 1. The standard InChI is InChI=1S/C8H10O4/c1-8(2)4-5(9)3-6(12-8)7(10)11/h3H,4H2,1-2H3,(H,10,11). The van der Waals surface area contributed by atoms with Gasteiger partial charge in [-0.1, -0.05) is 0 Å². The zero-order chi connectivity index (χ0) is 9.35. The molecule has 12 heavy (non-hydrogen) atoms. The van der Waals surface area contributed by atoms with E-state index in [1.54, 1.807) is 13.8 Å². The fraction of sp³-hybridized carbons (Fsp3) is 0.500. The summed E-state index contributed by atoms with van der Waals surface area (Å²) < 4.78 is 5.05. The maximum absolute atomic E-state index is 11.0. The van der Waals surface area contributed by atoms with E-state index in [9.17, 15) is 9.59 Å². The summed E-state index contributed by atoms with van der Waals surface area (Å²) in [6.45, 7) is 3.36. The van der Waals surface area contributed by atoms with Crippen LogP contribution in [0, 0.1) is 0 Å². The van der Waals surface area contributed by atoms with E-state index in [2.05, 4.69) is 0 Å². The molecule has 0 unspecified atom stereocenters. The maximum atomic E-state index is 11.0. The van der Waals surface area contributed by atoms with Crippen molar-refractivity contribution < 1.29 is 19.4 Å². The predicted octanol–water partition coefficient (Wildman–Crippen LogP) is 0.723. The summed E-state index contributed by atoms with van der Waals surface area (Å²) >= 11 is 0. The van der Waals surface area contributed by atoms with Crippen LogP contribution in [-0.2, 0) is 14.3 Å². The molecule has 0 aromatic heterocycles. The molecule has 0 saturated heterocycles. The Bertz CT molecular complexity index is 262. The third-order valence-electron chi connectivity index (χ3n) is 1.49. The van der Waals surface area contributed by atoms with Crippen molar-refractivity contribution in [1.82, 2.24) is 0 Å². The van der Waals surface area contributed by atoms with Crippen molar-refractivity contribution in [3.8, 4) is 0 Å². The van der Waals surface area contributed by atoms with Gasteiger partial charge in [-0.25, -0.2) is 4.79 Å². The number of rotatable bonds is 1. The van der Waals surface area contributed by atoms with Gasteiger partial charge < -0.3 is 9.84 Å². The maximum Gasteiger partial charge on any atom is 0.371 e. The number of carboxylic acid groups (broad SMARTS) is 1. The van der Waals surface area contributed by atoms with Gasteiger partial charge in [-0.2, -0.15) is 0 Å². The molecule has 4 heteroatoms. The topological polar surface area (TPSA) is 63.6 Å². The summed E-state index contributed by atoms with van der Waals surface area (Å²) in [5.74, 6) is -1.67. The first-order chi connectivity index (χ1) is 5.41. The van der Waals surface area contributed by atoms with Crippen LogP contribution in [0.15, 0.2) is 11.8 Å². The van der Waals surface area contributed by atoms with Crippen LogP contribution < -0.4 is 0 Å². The van der Waals surface area contributed by atoms with Crippen molar-refractivity contribution in [3.05, 3.63) is 11.8 Å². The Morgan fingerprint density at radius 1 is 1.67 bits per heavy atom. The van der Waals surface area contributed by atoms with Gasteiger partial charge in [0, 0.05) is 12.5 Å². The van der Waals surface area contributed by atoms with Crippen LogP contribution in [0.25, 0.3) is 0 Å². The molecule has 1 aliphatic rings. The van der Waals surface area contributed by atoms with Crippen LogP contribution in [0.5, 0.6) is 0 Å². The molecule has 1 heterocycles. The Morgan fingerprint density at radius 2 is 2.25 bits per heavy atom. The normalized spacial score (nSPS) is 21.2. The summed E-state index contributed by atoms with van der Waals surface area (Å²) in [4.78, 5) is 21.4. The van der Waals surface area contributed by atoms with Gasteiger partial charge in [0.2, 0.25) is 5.76 Å². The SMILES string of the molecule is CC1(C)CC(=O)C=C(C(=O)O)O1. The predicted molar refractivity (Wildman–Crippen MR) is 40.5 cm³/mol. The lowest BCUT2D eigenvalue weighted by atomic mass is 9.98. The zero-order valence-corrected chi connectivity index (χ0v) is 6.96. The summed E-state index contributed by atoms with van der Waals surface area (Å²) in [6, 6.07) is 0. The molecule has 1 aliphatic heterocycles. The van der Waals surface area contributed by atoms with Gasteiger partial charge in [-0.05, 0) is 13.8 Å². The van der Waals surface area contributed by atoms with Gasteiger partial charge >= 0.3 is 5.97 Å². The van der Waals surface area contributed by atoms with E-state index in [0.29, 0.717) is 0 Å². The molecule has 0 aromatic carbocycles. The van der Waals surface area contributed by atoms with Crippen LogP contribution in [0.3, 0.4) is 0 Å². The van der Waals surface area contributed by atoms with Crippen LogP contribution in [-0.4, -0.2) is 22.5 Å². The Kier molecular flexibility index (Phi) is 1.92. The summed E-state index contributed by atoms with van der Waals surface area (Å²) in [7, 11) is 0. The van der Waals surface area contributed by atoms with Gasteiger partial charge in [0.25, 0.3) is 0 Å². The molecule has 66 valence electrons. The average Bonchev–Trinajstić information content (AvgIpc) is 1.82. The number of carboxylic acids is 1. The fourth-order valence-corrected chi connectivity index (χ4v) is 1.09. The van der Waals surface area contributed by atoms with Crippen molar-refractivity contribution in [1.29, 1.82) is 0 Å². The third-order valence-corrected chi connectivity index (χ3v) is 1.49. The zero-order valence-electron chi connectivity index (χ0n) is 6.96. The first kappa shape index (κ1) is 8.77. The largest absolute Gasteiger partial charge is 0.480 e. The van der Waals surface area contributed by atoms with E-state index in [-0.39, 0.29) is 18.0 Å². The Hall–Kier alpha value is -1.32.